The van der Waals surface area contributed by atoms with Crippen molar-refractivity contribution >= 4 is 23.1 Å². The SMILES string of the molecule is O=C(Nc1ccccc1F)N1CCC[C@H]1c1nc(-c2cccc(F)c2)cs1. The van der Waals surface area contributed by atoms with Crippen molar-refractivity contribution in [3.05, 3.63) is 70.6 Å². The molecule has 7 heteroatoms. The van der Waals surface area contributed by atoms with Gasteiger partial charge in [-0.1, -0.05) is 24.3 Å². The molecule has 4 rings (SSSR count). The minimum atomic E-state index is -0.468. The van der Waals surface area contributed by atoms with Crippen LogP contribution in [0.25, 0.3) is 11.3 Å². The maximum Gasteiger partial charge on any atom is 0.322 e. The zero-order valence-corrected chi connectivity index (χ0v) is 15.2. The molecule has 1 atom stereocenters. The molecule has 3 aromatic rings. The van der Waals surface area contributed by atoms with Gasteiger partial charge >= 0.3 is 6.03 Å². The number of anilines is 1. The van der Waals surface area contributed by atoms with Crippen LogP contribution in [0.5, 0.6) is 0 Å². The molecule has 1 aliphatic rings. The van der Waals surface area contributed by atoms with E-state index in [1.165, 1.54) is 35.6 Å². The number of amides is 2. The minimum Gasteiger partial charge on any atom is -0.315 e. The van der Waals surface area contributed by atoms with Gasteiger partial charge < -0.3 is 10.2 Å². The first-order chi connectivity index (χ1) is 13.1. The van der Waals surface area contributed by atoms with Crippen molar-refractivity contribution in [3.8, 4) is 11.3 Å². The number of urea groups is 1. The number of aromatic nitrogens is 1. The maximum atomic E-state index is 13.8. The van der Waals surface area contributed by atoms with Gasteiger partial charge in [-0.2, -0.15) is 0 Å². The number of halogens is 2. The molecule has 138 valence electrons. The lowest BCUT2D eigenvalue weighted by atomic mass is 10.1. The summed E-state index contributed by atoms with van der Waals surface area (Å²) < 4.78 is 27.3. The van der Waals surface area contributed by atoms with E-state index in [4.69, 9.17) is 0 Å². The summed E-state index contributed by atoms with van der Waals surface area (Å²) in [4.78, 5) is 18.9. The van der Waals surface area contributed by atoms with Gasteiger partial charge in [-0.15, -0.1) is 11.3 Å². The number of benzene rings is 2. The molecule has 2 aromatic carbocycles. The standard InChI is InChI=1S/C20H17F2N3OS/c21-14-6-3-5-13(11-14)17-12-27-19(23-17)18-9-4-10-25(18)20(26)24-16-8-2-1-7-15(16)22/h1-3,5-8,11-12,18H,4,9-10H2,(H,24,26)/t18-/m0/s1. The third-order valence-electron chi connectivity index (χ3n) is 4.56. The summed E-state index contributed by atoms with van der Waals surface area (Å²) in [7, 11) is 0. The molecule has 27 heavy (non-hydrogen) atoms. The highest BCUT2D eigenvalue weighted by atomic mass is 32.1. The molecule has 2 heterocycles. The Balaban J connectivity index is 1.53. The smallest absolute Gasteiger partial charge is 0.315 e. The van der Waals surface area contributed by atoms with Gasteiger partial charge in [0, 0.05) is 17.5 Å². The number of nitrogens with zero attached hydrogens (tertiary/aromatic N) is 2. The molecule has 0 spiro atoms. The van der Waals surface area contributed by atoms with E-state index >= 15 is 0 Å². The van der Waals surface area contributed by atoms with Crippen LogP contribution in [0.3, 0.4) is 0 Å². The normalized spacial score (nSPS) is 16.5. The number of hydrogen-bond donors (Lipinski definition) is 1. The first-order valence-corrected chi connectivity index (χ1v) is 9.53. The van der Waals surface area contributed by atoms with Crippen LogP contribution in [-0.4, -0.2) is 22.5 Å². The second-order valence-corrected chi connectivity index (χ2v) is 7.23. The Morgan fingerprint density at radius 3 is 2.85 bits per heavy atom. The molecular formula is C20H17F2N3OS. The quantitative estimate of drug-likeness (QED) is 0.651. The van der Waals surface area contributed by atoms with Gasteiger partial charge in [-0.05, 0) is 37.1 Å². The van der Waals surface area contributed by atoms with E-state index in [1.807, 2.05) is 5.38 Å². The van der Waals surface area contributed by atoms with Gasteiger partial charge in [0.05, 0.1) is 17.4 Å². The molecule has 0 bridgehead atoms. The highest BCUT2D eigenvalue weighted by molar-refractivity contribution is 7.10. The van der Waals surface area contributed by atoms with Crippen molar-refractivity contribution in [2.24, 2.45) is 0 Å². The molecule has 1 aliphatic heterocycles. The number of para-hydroxylation sites is 1. The molecule has 1 N–H and O–H groups in total. The third-order valence-corrected chi connectivity index (χ3v) is 5.50. The fourth-order valence-corrected chi connectivity index (χ4v) is 4.21. The predicted molar refractivity (Wildman–Crippen MR) is 102 cm³/mol. The van der Waals surface area contributed by atoms with Crippen LogP contribution in [0, 0.1) is 11.6 Å². The highest BCUT2D eigenvalue weighted by Gasteiger charge is 2.32. The third kappa shape index (κ3) is 3.68. The van der Waals surface area contributed by atoms with Gasteiger partial charge in [0.1, 0.15) is 16.6 Å². The van der Waals surface area contributed by atoms with Crippen molar-refractivity contribution in [2.75, 3.05) is 11.9 Å². The van der Waals surface area contributed by atoms with Gasteiger partial charge in [0.2, 0.25) is 0 Å². The first kappa shape index (κ1) is 17.6. The molecule has 0 saturated carbocycles. The fraction of sp³-hybridized carbons (Fsp3) is 0.200. The molecule has 0 unspecified atom stereocenters. The van der Waals surface area contributed by atoms with Crippen LogP contribution in [0.15, 0.2) is 53.9 Å². The van der Waals surface area contributed by atoms with Crippen molar-refractivity contribution in [1.82, 2.24) is 9.88 Å². The van der Waals surface area contributed by atoms with Crippen molar-refractivity contribution in [3.63, 3.8) is 0 Å². The molecular weight excluding hydrogens is 368 g/mol. The van der Waals surface area contributed by atoms with E-state index in [0.29, 0.717) is 17.8 Å². The Labute approximate surface area is 159 Å². The summed E-state index contributed by atoms with van der Waals surface area (Å²) in [5.74, 6) is -0.780. The Morgan fingerprint density at radius 2 is 2.04 bits per heavy atom. The van der Waals surface area contributed by atoms with Crippen molar-refractivity contribution < 1.29 is 13.6 Å². The van der Waals surface area contributed by atoms with Crippen LogP contribution in [0.2, 0.25) is 0 Å². The number of carbonyl (C=O) groups is 1. The molecule has 4 nitrogen and oxygen atoms in total. The van der Waals surface area contributed by atoms with Crippen molar-refractivity contribution in [1.29, 1.82) is 0 Å². The summed E-state index contributed by atoms with van der Waals surface area (Å²) >= 11 is 1.45. The highest BCUT2D eigenvalue weighted by Crippen LogP contribution is 2.36. The van der Waals surface area contributed by atoms with Crippen LogP contribution in [-0.2, 0) is 0 Å². The predicted octanol–water partition coefficient (Wildman–Crippen LogP) is 5.46. The van der Waals surface area contributed by atoms with Gasteiger partial charge in [-0.25, -0.2) is 18.6 Å². The lowest BCUT2D eigenvalue weighted by Crippen LogP contribution is -2.34. The van der Waals surface area contributed by atoms with Crippen molar-refractivity contribution in [2.45, 2.75) is 18.9 Å². The first-order valence-electron chi connectivity index (χ1n) is 8.65. The summed E-state index contributed by atoms with van der Waals surface area (Å²) in [6.45, 7) is 0.583. The van der Waals surface area contributed by atoms with Crippen LogP contribution in [0.1, 0.15) is 23.9 Å². The lowest BCUT2D eigenvalue weighted by Gasteiger charge is -2.23. The number of nitrogens with one attached hydrogen (secondary N) is 1. The van der Waals surface area contributed by atoms with Crippen LogP contribution < -0.4 is 5.32 Å². The zero-order chi connectivity index (χ0) is 18.8. The lowest BCUT2D eigenvalue weighted by molar-refractivity contribution is 0.207. The van der Waals surface area contributed by atoms with Crippen LogP contribution >= 0.6 is 11.3 Å². The van der Waals surface area contributed by atoms with Gasteiger partial charge in [-0.3, -0.25) is 0 Å². The Morgan fingerprint density at radius 1 is 1.19 bits per heavy atom. The Kier molecular flexibility index (Phi) is 4.85. The number of likely N-dealkylation sites (tertiary alicyclic amines) is 1. The molecule has 1 fully saturated rings. The molecule has 0 radical (unpaired) electrons. The van der Waals surface area contributed by atoms with E-state index < -0.39 is 5.82 Å². The fourth-order valence-electron chi connectivity index (χ4n) is 3.24. The number of thiazole rings is 1. The zero-order valence-electron chi connectivity index (χ0n) is 14.4. The second kappa shape index (κ2) is 7.44. The monoisotopic (exact) mass is 385 g/mol. The molecule has 2 amide bonds. The summed E-state index contributed by atoms with van der Waals surface area (Å²) in [6, 6.07) is 11.9. The maximum absolute atomic E-state index is 13.8. The molecule has 1 saturated heterocycles. The van der Waals surface area contributed by atoms with E-state index in [2.05, 4.69) is 10.3 Å². The summed E-state index contributed by atoms with van der Waals surface area (Å²) in [5, 5.41) is 5.31. The number of rotatable bonds is 3. The summed E-state index contributed by atoms with van der Waals surface area (Å²) in [5.41, 5.74) is 1.56. The van der Waals surface area contributed by atoms with E-state index in [9.17, 15) is 13.6 Å². The molecule has 1 aromatic heterocycles. The van der Waals surface area contributed by atoms with E-state index in [1.54, 1.807) is 29.2 Å². The summed E-state index contributed by atoms with van der Waals surface area (Å²) in [6.07, 6.45) is 1.64. The Bertz CT molecular complexity index is 975. The second-order valence-electron chi connectivity index (χ2n) is 6.34. The van der Waals surface area contributed by atoms with E-state index in [0.717, 1.165) is 17.8 Å². The number of carbonyl (C=O) groups excluding carboxylic acids is 1. The largest absolute Gasteiger partial charge is 0.322 e. The van der Waals surface area contributed by atoms with E-state index in [-0.39, 0.29) is 23.6 Å². The molecule has 0 aliphatic carbocycles. The average molecular weight is 385 g/mol. The van der Waals surface area contributed by atoms with Gasteiger partial charge in [0.25, 0.3) is 0 Å². The Hall–Kier alpha value is -2.80. The average Bonchev–Trinajstić information content (AvgIpc) is 3.33. The number of hydrogen-bond acceptors (Lipinski definition) is 3. The topological polar surface area (TPSA) is 45.2 Å². The minimum absolute atomic E-state index is 0.160. The van der Waals surface area contributed by atoms with Crippen LogP contribution in [0.4, 0.5) is 19.3 Å². The van der Waals surface area contributed by atoms with Gasteiger partial charge in [0.15, 0.2) is 0 Å².